The molecule has 1 aromatic carbocycles. The van der Waals surface area contributed by atoms with Crippen molar-refractivity contribution in [2.45, 2.75) is 6.04 Å². The standard InChI is InChI=1S/C16H16BrN3O3/c17-11-2-1-3-13(8-11)23-15-5-4-12(9-19-15)20-16(21)14-10-22-7-6-18-14/h1-5,8-9,14,18H,6-7,10H2,(H,20,21). The molecule has 0 bridgehead atoms. The van der Waals surface area contributed by atoms with Crippen molar-refractivity contribution >= 4 is 27.5 Å². The molecule has 0 radical (unpaired) electrons. The maximum Gasteiger partial charge on any atom is 0.243 e. The number of pyridine rings is 1. The highest BCUT2D eigenvalue weighted by atomic mass is 79.9. The third-order valence-electron chi connectivity index (χ3n) is 3.26. The molecule has 0 aliphatic carbocycles. The molecule has 3 rings (SSSR count). The summed E-state index contributed by atoms with van der Waals surface area (Å²) in [6.45, 7) is 1.69. The molecule has 23 heavy (non-hydrogen) atoms. The fourth-order valence-corrected chi connectivity index (χ4v) is 2.51. The molecule has 7 heteroatoms. The first-order valence-corrected chi connectivity index (χ1v) is 8.01. The van der Waals surface area contributed by atoms with Crippen LogP contribution in [0, 0.1) is 0 Å². The number of rotatable bonds is 4. The zero-order chi connectivity index (χ0) is 16.1. The van der Waals surface area contributed by atoms with Gasteiger partial charge in [0.1, 0.15) is 11.8 Å². The van der Waals surface area contributed by atoms with Crippen LogP contribution in [0.1, 0.15) is 0 Å². The molecule has 2 heterocycles. The van der Waals surface area contributed by atoms with Gasteiger partial charge in [-0.3, -0.25) is 4.79 Å². The Kier molecular flexibility index (Phi) is 5.22. The maximum atomic E-state index is 12.1. The molecule has 120 valence electrons. The lowest BCUT2D eigenvalue weighted by Gasteiger charge is -2.22. The van der Waals surface area contributed by atoms with Crippen LogP contribution < -0.4 is 15.4 Å². The number of nitrogens with zero attached hydrogens (tertiary/aromatic N) is 1. The van der Waals surface area contributed by atoms with Gasteiger partial charge in [-0.15, -0.1) is 0 Å². The Morgan fingerprint density at radius 1 is 1.39 bits per heavy atom. The first-order valence-electron chi connectivity index (χ1n) is 7.22. The average Bonchev–Trinajstić information content (AvgIpc) is 2.57. The minimum Gasteiger partial charge on any atom is -0.439 e. The van der Waals surface area contributed by atoms with E-state index in [-0.39, 0.29) is 11.9 Å². The Hall–Kier alpha value is -1.96. The summed E-state index contributed by atoms with van der Waals surface area (Å²) in [4.78, 5) is 16.3. The van der Waals surface area contributed by atoms with Crippen LogP contribution in [0.5, 0.6) is 11.6 Å². The Morgan fingerprint density at radius 2 is 2.30 bits per heavy atom. The highest BCUT2D eigenvalue weighted by Gasteiger charge is 2.21. The van der Waals surface area contributed by atoms with E-state index in [0.29, 0.717) is 37.1 Å². The van der Waals surface area contributed by atoms with E-state index >= 15 is 0 Å². The zero-order valence-electron chi connectivity index (χ0n) is 12.3. The summed E-state index contributed by atoms with van der Waals surface area (Å²) >= 11 is 3.39. The van der Waals surface area contributed by atoms with E-state index in [4.69, 9.17) is 9.47 Å². The maximum absolute atomic E-state index is 12.1. The Labute approximate surface area is 142 Å². The zero-order valence-corrected chi connectivity index (χ0v) is 13.9. The van der Waals surface area contributed by atoms with Crippen molar-refractivity contribution in [3.63, 3.8) is 0 Å². The van der Waals surface area contributed by atoms with Crippen LogP contribution in [0.15, 0.2) is 47.1 Å². The van der Waals surface area contributed by atoms with E-state index in [2.05, 4.69) is 31.5 Å². The number of nitrogens with one attached hydrogen (secondary N) is 2. The van der Waals surface area contributed by atoms with Gasteiger partial charge in [0.2, 0.25) is 11.8 Å². The molecule has 2 aromatic rings. The van der Waals surface area contributed by atoms with E-state index in [1.807, 2.05) is 24.3 Å². The third kappa shape index (κ3) is 4.51. The van der Waals surface area contributed by atoms with Crippen LogP contribution in [-0.2, 0) is 9.53 Å². The molecule has 0 spiro atoms. The Balaban J connectivity index is 1.59. The summed E-state index contributed by atoms with van der Waals surface area (Å²) in [6, 6.07) is 10.6. The number of benzene rings is 1. The van der Waals surface area contributed by atoms with Crippen LogP contribution in [-0.4, -0.2) is 36.7 Å². The molecule has 1 fully saturated rings. The van der Waals surface area contributed by atoms with Gasteiger partial charge in [-0.2, -0.15) is 0 Å². The molecule has 1 aromatic heterocycles. The molecule has 1 atom stereocenters. The number of hydrogen-bond donors (Lipinski definition) is 2. The van der Waals surface area contributed by atoms with Crippen molar-refractivity contribution < 1.29 is 14.3 Å². The van der Waals surface area contributed by atoms with Crippen molar-refractivity contribution in [1.29, 1.82) is 0 Å². The number of hydrogen-bond acceptors (Lipinski definition) is 5. The van der Waals surface area contributed by atoms with Gasteiger partial charge in [-0.05, 0) is 24.3 Å². The second-order valence-corrected chi connectivity index (χ2v) is 5.93. The molecular formula is C16H16BrN3O3. The highest BCUT2D eigenvalue weighted by Crippen LogP contribution is 2.23. The van der Waals surface area contributed by atoms with Crippen LogP contribution >= 0.6 is 15.9 Å². The summed E-state index contributed by atoms with van der Waals surface area (Å²) in [5, 5.41) is 5.91. The van der Waals surface area contributed by atoms with Crippen molar-refractivity contribution in [2.24, 2.45) is 0 Å². The minimum atomic E-state index is -0.332. The number of amides is 1. The topological polar surface area (TPSA) is 72.5 Å². The van der Waals surface area contributed by atoms with Gasteiger partial charge in [0.15, 0.2) is 0 Å². The molecule has 1 saturated heterocycles. The molecule has 2 N–H and O–H groups in total. The minimum absolute atomic E-state index is 0.132. The molecule has 6 nitrogen and oxygen atoms in total. The summed E-state index contributed by atoms with van der Waals surface area (Å²) < 4.78 is 11.9. The predicted molar refractivity (Wildman–Crippen MR) is 89.7 cm³/mol. The lowest BCUT2D eigenvalue weighted by molar-refractivity contribution is -0.120. The summed E-state index contributed by atoms with van der Waals surface area (Å²) in [6.07, 6.45) is 1.56. The van der Waals surface area contributed by atoms with E-state index in [1.54, 1.807) is 18.3 Å². The lowest BCUT2D eigenvalue weighted by Crippen LogP contribution is -2.48. The van der Waals surface area contributed by atoms with Gasteiger partial charge >= 0.3 is 0 Å². The number of anilines is 1. The number of morpholine rings is 1. The van der Waals surface area contributed by atoms with Crippen LogP contribution in [0.25, 0.3) is 0 Å². The quantitative estimate of drug-likeness (QED) is 0.856. The Morgan fingerprint density at radius 3 is 3.00 bits per heavy atom. The fourth-order valence-electron chi connectivity index (χ4n) is 2.13. The molecule has 0 saturated carbocycles. The number of ether oxygens (including phenoxy) is 2. The van der Waals surface area contributed by atoms with Crippen molar-refractivity contribution in [1.82, 2.24) is 10.3 Å². The van der Waals surface area contributed by atoms with Crippen molar-refractivity contribution in [2.75, 3.05) is 25.1 Å². The van der Waals surface area contributed by atoms with E-state index in [0.717, 1.165) is 4.47 Å². The number of aromatic nitrogens is 1. The van der Waals surface area contributed by atoms with Crippen LogP contribution in [0.4, 0.5) is 5.69 Å². The number of carbonyl (C=O) groups excluding carboxylic acids is 1. The van der Waals surface area contributed by atoms with E-state index in [1.165, 1.54) is 0 Å². The summed E-state index contributed by atoms with van der Waals surface area (Å²) in [5.74, 6) is 1.01. The number of carbonyl (C=O) groups is 1. The molecule has 1 amide bonds. The van der Waals surface area contributed by atoms with Gasteiger partial charge in [0.25, 0.3) is 0 Å². The van der Waals surface area contributed by atoms with Crippen molar-refractivity contribution in [3.8, 4) is 11.6 Å². The predicted octanol–water partition coefficient (Wildman–Crippen LogP) is 2.56. The second kappa shape index (κ2) is 7.54. The first-order chi connectivity index (χ1) is 11.2. The summed E-state index contributed by atoms with van der Waals surface area (Å²) in [7, 11) is 0. The fraction of sp³-hybridized carbons (Fsp3) is 0.250. The highest BCUT2D eigenvalue weighted by molar-refractivity contribution is 9.10. The molecule has 1 aliphatic rings. The Bertz CT molecular complexity index is 673. The first kappa shape index (κ1) is 15.9. The van der Waals surface area contributed by atoms with Gasteiger partial charge in [-0.1, -0.05) is 22.0 Å². The van der Waals surface area contributed by atoms with Crippen molar-refractivity contribution in [3.05, 3.63) is 47.1 Å². The summed E-state index contributed by atoms with van der Waals surface area (Å²) in [5.41, 5.74) is 0.615. The lowest BCUT2D eigenvalue weighted by atomic mass is 10.2. The molecule has 1 aliphatic heterocycles. The smallest absolute Gasteiger partial charge is 0.243 e. The number of halogens is 1. The normalized spacial score (nSPS) is 17.5. The molecule has 1 unspecified atom stereocenters. The largest absolute Gasteiger partial charge is 0.439 e. The second-order valence-electron chi connectivity index (χ2n) is 5.02. The van der Waals surface area contributed by atoms with Crippen LogP contribution in [0.2, 0.25) is 0 Å². The van der Waals surface area contributed by atoms with Gasteiger partial charge in [0, 0.05) is 17.1 Å². The SMILES string of the molecule is O=C(Nc1ccc(Oc2cccc(Br)c2)nc1)C1COCCN1. The van der Waals surface area contributed by atoms with E-state index in [9.17, 15) is 4.79 Å². The average molecular weight is 378 g/mol. The van der Waals surface area contributed by atoms with E-state index < -0.39 is 0 Å². The molecular weight excluding hydrogens is 362 g/mol. The van der Waals surface area contributed by atoms with Gasteiger partial charge in [-0.25, -0.2) is 4.98 Å². The van der Waals surface area contributed by atoms with Gasteiger partial charge < -0.3 is 20.1 Å². The van der Waals surface area contributed by atoms with Crippen LogP contribution in [0.3, 0.4) is 0 Å². The van der Waals surface area contributed by atoms with Gasteiger partial charge in [0.05, 0.1) is 25.1 Å². The monoisotopic (exact) mass is 377 g/mol. The third-order valence-corrected chi connectivity index (χ3v) is 3.75.